The molecule has 0 radical (unpaired) electrons. The van der Waals surface area contributed by atoms with Gasteiger partial charge < -0.3 is 15.5 Å². The molecule has 0 atom stereocenters. The third kappa shape index (κ3) is 5.93. The van der Waals surface area contributed by atoms with E-state index < -0.39 is 10.0 Å². The first kappa shape index (κ1) is 22.0. The van der Waals surface area contributed by atoms with E-state index in [-0.39, 0.29) is 48.9 Å². The van der Waals surface area contributed by atoms with Crippen molar-refractivity contribution in [2.75, 3.05) is 32.7 Å². The number of nitrogens with one attached hydrogen (secondary N) is 2. The number of hydrogen-bond acceptors (Lipinski definition) is 4. The molecule has 2 aliphatic rings. The van der Waals surface area contributed by atoms with Crippen LogP contribution in [0.1, 0.15) is 32.1 Å². The van der Waals surface area contributed by atoms with Crippen molar-refractivity contribution < 1.29 is 18.0 Å². The Morgan fingerprint density at radius 2 is 1.79 bits per heavy atom. The zero-order chi connectivity index (χ0) is 20.9. The molecule has 1 aromatic carbocycles. The van der Waals surface area contributed by atoms with Crippen LogP contribution in [0.3, 0.4) is 0 Å². The average Bonchev–Trinajstić information content (AvgIpc) is 3.21. The van der Waals surface area contributed by atoms with Crippen LogP contribution >= 0.6 is 15.9 Å². The predicted octanol–water partition coefficient (Wildman–Crippen LogP) is 1.91. The molecule has 1 aliphatic heterocycles. The molecule has 3 amide bonds. The van der Waals surface area contributed by atoms with E-state index in [1.165, 1.54) is 4.31 Å². The number of rotatable bonds is 6. The topological polar surface area (TPSA) is 98.8 Å². The van der Waals surface area contributed by atoms with Gasteiger partial charge in [-0.2, -0.15) is 4.31 Å². The molecule has 29 heavy (non-hydrogen) atoms. The first-order valence-electron chi connectivity index (χ1n) is 9.94. The highest BCUT2D eigenvalue weighted by Gasteiger charge is 2.30. The molecule has 2 N–H and O–H groups in total. The zero-order valence-electron chi connectivity index (χ0n) is 16.3. The summed E-state index contributed by atoms with van der Waals surface area (Å²) in [6.45, 7) is 1.38. The maximum Gasteiger partial charge on any atom is 0.317 e. The molecule has 1 saturated carbocycles. The Bertz CT molecular complexity index is 834. The van der Waals surface area contributed by atoms with E-state index in [1.54, 1.807) is 29.2 Å². The van der Waals surface area contributed by atoms with Crippen molar-refractivity contribution in [2.24, 2.45) is 0 Å². The van der Waals surface area contributed by atoms with Crippen LogP contribution in [0, 0.1) is 0 Å². The highest BCUT2D eigenvalue weighted by molar-refractivity contribution is 9.10. The highest BCUT2D eigenvalue weighted by Crippen LogP contribution is 2.21. The molecule has 10 heteroatoms. The third-order valence-corrected chi connectivity index (χ3v) is 7.70. The van der Waals surface area contributed by atoms with Crippen molar-refractivity contribution >= 4 is 37.9 Å². The van der Waals surface area contributed by atoms with Gasteiger partial charge >= 0.3 is 6.03 Å². The van der Waals surface area contributed by atoms with Crippen LogP contribution < -0.4 is 10.6 Å². The number of halogens is 1. The van der Waals surface area contributed by atoms with E-state index in [0.29, 0.717) is 17.6 Å². The van der Waals surface area contributed by atoms with E-state index in [1.807, 2.05) is 0 Å². The van der Waals surface area contributed by atoms with Gasteiger partial charge in [0.1, 0.15) is 0 Å². The van der Waals surface area contributed by atoms with Crippen LogP contribution in [0.2, 0.25) is 0 Å². The fraction of sp³-hybridized carbons (Fsp3) is 0.579. The predicted molar refractivity (Wildman–Crippen MR) is 113 cm³/mol. The van der Waals surface area contributed by atoms with Gasteiger partial charge in [0.25, 0.3) is 0 Å². The van der Waals surface area contributed by atoms with Gasteiger partial charge in [0.05, 0.1) is 4.90 Å². The summed E-state index contributed by atoms with van der Waals surface area (Å²) in [5.41, 5.74) is 0. The van der Waals surface area contributed by atoms with Gasteiger partial charge in [-0.3, -0.25) is 4.79 Å². The Morgan fingerprint density at radius 1 is 1.10 bits per heavy atom. The van der Waals surface area contributed by atoms with Crippen LogP contribution in [0.15, 0.2) is 33.6 Å². The summed E-state index contributed by atoms with van der Waals surface area (Å²) in [4.78, 5) is 26.0. The molecule has 2 fully saturated rings. The van der Waals surface area contributed by atoms with Crippen LogP contribution in [0.25, 0.3) is 0 Å². The first-order valence-corrected chi connectivity index (χ1v) is 12.2. The molecule has 8 nitrogen and oxygen atoms in total. The summed E-state index contributed by atoms with van der Waals surface area (Å²) in [7, 11) is -3.58. The van der Waals surface area contributed by atoms with Crippen LogP contribution in [-0.4, -0.2) is 68.3 Å². The second-order valence-electron chi connectivity index (χ2n) is 7.38. The van der Waals surface area contributed by atoms with Crippen molar-refractivity contribution in [2.45, 2.75) is 43.0 Å². The molecular weight excluding hydrogens is 460 g/mol. The largest absolute Gasteiger partial charge is 0.353 e. The summed E-state index contributed by atoms with van der Waals surface area (Å²) < 4.78 is 27.6. The highest BCUT2D eigenvalue weighted by atomic mass is 79.9. The van der Waals surface area contributed by atoms with Crippen molar-refractivity contribution in [3.8, 4) is 0 Å². The molecule has 160 valence electrons. The standard InChI is InChI=1S/C19H27BrN4O4S/c20-15-4-3-7-17(14-15)29(27,28)24-12-10-23(11-13-24)19(26)21-9-8-18(25)22-16-5-1-2-6-16/h3-4,7,14,16H,1-2,5-6,8-13H2,(H,21,26)(H,22,25). The summed E-state index contributed by atoms with van der Waals surface area (Å²) in [5, 5.41) is 5.75. The number of carbonyl (C=O) groups excluding carboxylic acids is 2. The smallest absolute Gasteiger partial charge is 0.317 e. The molecule has 1 aliphatic carbocycles. The third-order valence-electron chi connectivity index (χ3n) is 5.31. The lowest BCUT2D eigenvalue weighted by molar-refractivity contribution is -0.121. The summed E-state index contributed by atoms with van der Waals surface area (Å²) in [5.74, 6) is -0.0397. The van der Waals surface area contributed by atoms with Gasteiger partial charge in [0.15, 0.2) is 0 Å². The lowest BCUT2D eigenvalue weighted by Crippen LogP contribution is -2.53. The molecule has 0 aromatic heterocycles. The van der Waals surface area contributed by atoms with Gasteiger partial charge in [0.2, 0.25) is 15.9 Å². The van der Waals surface area contributed by atoms with Crippen LogP contribution in [-0.2, 0) is 14.8 Å². The number of sulfonamides is 1. The van der Waals surface area contributed by atoms with Crippen LogP contribution in [0.4, 0.5) is 4.79 Å². The fourth-order valence-corrected chi connectivity index (χ4v) is 5.69. The second kappa shape index (κ2) is 9.90. The number of amides is 3. The molecule has 1 heterocycles. The van der Waals surface area contributed by atoms with Gasteiger partial charge in [-0.1, -0.05) is 34.8 Å². The van der Waals surface area contributed by atoms with Gasteiger partial charge in [-0.25, -0.2) is 13.2 Å². The molecule has 0 spiro atoms. The molecule has 1 saturated heterocycles. The number of carbonyl (C=O) groups is 2. The Balaban J connectivity index is 1.41. The van der Waals surface area contributed by atoms with Gasteiger partial charge in [-0.05, 0) is 31.0 Å². The van der Waals surface area contributed by atoms with Crippen molar-refractivity contribution in [1.82, 2.24) is 19.8 Å². The minimum Gasteiger partial charge on any atom is -0.353 e. The molecule has 3 rings (SSSR count). The van der Waals surface area contributed by atoms with E-state index >= 15 is 0 Å². The summed E-state index contributed by atoms with van der Waals surface area (Å²) in [6.07, 6.45) is 4.63. The Hall–Kier alpha value is -1.65. The summed E-state index contributed by atoms with van der Waals surface area (Å²) >= 11 is 3.29. The SMILES string of the molecule is O=C(CCNC(=O)N1CCN(S(=O)(=O)c2cccc(Br)c2)CC1)NC1CCCC1. The summed E-state index contributed by atoms with van der Waals surface area (Å²) in [6, 6.07) is 6.61. The van der Waals surface area contributed by atoms with Crippen LogP contribution in [0.5, 0.6) is 0 Å². The quantitative estimate of drug-likeness (QED) is 0.641. The monoisotopic (exact) mass is 486 g/mol. The number of piperazine rings is 1. The maximum atomic E-state index is 12.7. The molecule has 1 aromatic rings. The fourth-order valence-electron chi connectivity index (χ4n) is 3.67. The first-order chi connectivity index (χ1) is 13.9. The number of hydrogen-bond donors (Lipinski definition) is 2. The van der Waals surface area contributed by atoms with E-state index in [0.717, 1.165) is 25.7 Å². The molecule has 0 bridgehead atoms. The van der Waals surface area contributed by atoms with Crippen molar-refractivity contribution in [3.05, 3.63) is 28.7 Å². The van der Waals surface area contributed by atoms with Gasteiger partial charge in [-0.15, -0.1) is 0 Å². The molecular formula is C19H27BrN4O4S. The minimum absolute atomic E-state index is 0.0397. The van der Waals surface area contributed by atoms with Crippen molar-refractivity contribution in [3.63, 3.8) is 0 Å². The average molecular weight is 487 g/mol. The number of nitrogens with zero attached hydrogens (tertiary/aromatic N) is 2. The van der Waals surface area contributed by atoms with Gasteiger partial charge in [0, 0.05) is 49.7 Å². The lowest BCUT2D eigenvalue weighted by Gasteiger charge is -2.34. The van der Waals surface area contributed by atoms with E-state index in [9.17, 15) is 18.0 Å². The molecule has 0 unspecified atom stereocenters. The van der Waals surface area contributed by atoms with E-state index in [4.69, 9.17) is 0 Å². The Morgan fingerprint density at radius 3 is 2.45 bits per heavy atom. The Kier molecular flexibility index (Phi) is 7.53. The lowest BCUT2D eigenvalue weighted by atomic mass is 10.2. The van der Waals surface area contributed by atoms with E-state index in [2.05, 4.69) is 26.6 Å². The number of urea groups is 1. The second-order valence-corrected chi connectivity index (χ2v) is 10.2. The van der Waals surface area contributed by atoms with Crippen molar-refractivity contribution in [1.29, 1.82) is 0 Å². The normalized spacial score (nSPS) is 18.6. The number of benzene rings is 1. The zero-order valence-corrected chi connectivity index (χ0v) is 18.7. The minimum atomic E-state index is -3.58. The maximum absolute atomic E-state index is 12.7. The Labute approximate surface area is 180 Å².